The van der Waals surface area contributed by atoms with Crippen molar-refractivity contribution >= 4 is 12.0 Å². The first-order chi connectivity index (χ1) is 11.7. The van der Waals surface area contributed by atoms with Crippen LogP contribution in [0.1, 0.15) is 24.5 Å². The van der Waals surface area contributed by atoms with Crippen LogP contribution in [0.25, 0.3) is 0 Å². The maximum atomic E-state index is 12.6. The predicted octanol–water partition coefficient (Wildman–Crippen LogP) is 1.39. The number of amides is 2. The molecule has 1 saturated heterocycles. The molecule has 0 aromatic heterocycles. The van der Waals surface area contributed by atoms with E-state index in [-0.39, 0.29) is 18.0 Å². The zero-order valence-electron chi connectivity index (χ0n) is 14.2. The van der Waals surface area contributed by atoms with Gasteiger partial charge in [0.25, 0.3) is 0 Å². The van der Waals surface area contributed by atoms with Crippen LogP contribution in [0.15, 0.2) is 24.3 Å². The molecule has 2 aliphatic rings. The first-order valence-electron chi connectivity index (χ1n) is 8.69. The molecule has 6 heteroatoms. The van der Waals surface area contributed by atoms with E-state index in [9.17, 15) is 9.59 Å². The SMILES string of the molecule is CCN1Cc2ccccc2CC1C(=O)NCCN1CCCOC1=O. The number of nitrogens with zero attached hydrogens (tertiary/aromatic N) is 2. The average Bonchev–Trinajstić information content (AvgIpc) is 2.62. The van der Waals surface area contributed by atoms with Gasteiger partial charge in [-0.15, -0.1) is 0 Å². The molecule has 0 radical (unpaired) electrons. The van der Waals surface area contributed by atoms with Crippen LogP contribution in [0.4, 0.5) is 4.79 Å². The van der Waals surface area contributed by atoms with Crippen molar-refractivity contribution in [1.29, 1.82) is 0 Å². The molecule has 0 spiro atoms. The topological polar surface area (TPSA) is 61.9 Å². The summed E-state index contributed by atoms with van der Waals surface area (Å²) in [6, 6.07) is 8.17. The highest BCUT2D eigenvalue weighted by atomic mass is 16.6. The standard InChI is InChI=1S/C18H25N3O3/c1-2-20-13-15-7-4-3-6-14(15)12-16(20)17(22)19-8-10-21-9-5-11-24-18(21)23/h3-4,6-7,16H,2,5,8-13H2,1H3,(H,19,22). The summed E-state index contributed by atoms with van der Waals surface area (Å²) in [6.07, 6.45) is 1.31. The minimum absolute atomic E-state index is 0.0386. The second kappa shape index (κ2) is 7.66. The van der Waals surface area contributed by atoms with E-state index in [1.807, 2.05) is 12.1 Å². The summed E-state index contributed by atoms with van der Waals surface area (Å²) in [6.45, 7) is 5.89. The van der Waals surface area contributed by atoms with Gasteiger partial charge in [0.1, 0.15) is 0 Å². The molecule has 1 aromatic rings. The molecule has 24 heavy (non-hydrogen) atoms. The number of likely N-dealkylation sites (N-methyl/N-ethyl adjacent to an activating group) is 1. The Balaban J connectivity index is 1.55. The monoisotopic (exact) mass is 331 g/mol. The van der Waals surface area contributed by atoms with E-state index in [0.717, 1.165) is 25.9 Å². The van der Waals surface area contributed by atoms with Crippen LogP contribution in [0.3, 0.4) is 0 Å². The lowest BCUT2D eigenvalue weighted by molar-refractivity contribution is -0.127. The molecule has 1 aromatic carbocycles. The van der Waals surface area contributed by atoms with Gasteiger partial charge in [0, 0.05) is 26.2 Å². The van der Waals surface area contributed by atoms with Gasteiger partial charge in [-0.25, -0.2) is 4.79 Å². The number of cyclic esters (lactones) is 1. The number of fused-ring (bicyclic) bond motifs is 1. The Morgan fingerprint density at radius 1 is 1.33 bits per heavy atom. The molecular formula is C18H25N3O3. The van der Waals surface area contributed by atoms with Crippen LogP contribution >= 0.6 is 0 Å². The van der Waals surface area contributed by atoms with Crippen molar-refractivity contribution in [3.05, 3.63) is 35.4 Å². The number of ether oxygens (including phenoxy) is 1. The second-order valence-electron chi connectivity index (χ2n) is 6.30. The van der Waals surface area contributed by atoms with Crippen LogP contribution in [0.5, 0.6) is 0 Å². The third-order valence-electron chi connectivity index (χ3n) is 4.79. The number of carbonyl (C=O) groups excluding carboxylic acids is 2. The number of nitrogens with one attached hydrogen (secondary N) is 1. The Morgan fingerprint density at radius 2 is 2.12 bits per heavy atom. The first-order valence-corrected chi connectivity index (χ1v) is 8.69. The highest BCUT2D eigenvalue weighted by molar-refractivity contribution is 5.82. The van der Waals surface area contributed by atoms with Gasteiger partial charge in [-0.05, 0) is 30.5 Å². The molecule has 1 N–H and O–H groups in total. The van der Waals surface area contributed by atoms with Gasteiger partial charge in [0.15, 0.2) is 0 Å². The molecule has 6 nitrogen and oxygen atoms in total. The lowest BCUT2D eigenvalue weighted by Gasteiger charge is -2.35. The van der Waals surface area contributed by atoms with Crippen molar-refractivity contribution in [3.8, 4) is 0 Å². The van der Waals surface area contributed by atoms with Crippen molar-refractivity contribution in [3.63, 3.8) is 0 Å². The molecular weight excluding hydrogens is 306 g/mol. The molecule has 0 saturated carbocycles. The van der Waals surface area contributed by atoms with E-state index in [1.54, 1.807) is 4.90 Å². The largest absolute Gasteiger partial charge is 0.449 e. The van der Waals surface area contributed by atoms with E-state index < -0.39 is 0 Å². The smallest absolute Gasteiger partial charge is 0.409 e. The maximum absolute atomic E-state index is 12.6. The van der Waals surface area contributed by atoms with Crippen LogP contribution in [-0.4, -0.2) is 60.6 Å². The van der Waals surface area contributed by atoms with Gasteiger partial charge in [-0.2, -0.15) is 0 Å². The van der Waals surface area contributed by atoms with Crippen LogP contribution in [-0.2, 0) is 22.5 Å². The van der Waals surface area contributed by atoms with Crippen LogP contribution in [0.2, 0.25) is 0 Å². The van der Waals surface area contributed by atoms with Gasteiger partial charge in [-0.3, -0.25) is 9.69 Å². The third-order valence-corrected chi connectivity index (χ3v) is 4.79. The summed E-state index contributed by atoms with van der Waals surface area (Å²) in [5.41, 5.74) is 2.56. The first kappa shape index (κ1) is 16.8. The summed E-state index contributed by atoms with van der Waals surface area (Å²) >= 11 is 0. The van der Waals surface area contributed by atoms with E-state index >= 15 is 0 Å². The normalized spacial score (nSPS) is 21.1. The number of carbonyl (C=O) groups is 2. The molecule has 0 aliphatic carbocycles. The fourth-order valence-electron chi connectivity index (χ4n) is 3.40. The number of hydrogen-bond donors (Lipinski definition) is 1. The Bertz CT molecular complexity index is 605. The quantitative estimate of drug-likeness (QED) is 0.886. The molecule has 1 fully saturated rings. The summed E-state index contributed by atoms with van der Waals surface area (Å²) in [7, 11) is 0. The number of hydrogen-bond acceptors (Lipinski definition) is 4. The predicted molar refractivity (Wildman–Crippen MR) is 90.6 cm³/mol. The summed E-state index contributed by atoms with van der Waals surface area (Å²) in [5, 5.41) is 2.99. The molecule has 2 aliphatic heterocycles. The molecule has 3 rings (SSSR count). The van der Waals surface area contributed by atoms with E-state index in [0.29, 0.717) is 26.2 Å². The van der Waals surface area contributed by atoms with Crippen LogP contribution < -0.4 is 5.32 Å². The van der Waals surface area contributed by atoms with Gasteiger partial charge in [0.2, 0.25) is 5.91 Å². The van der Waals surface area contributed by atoms with Crippen molar-refractivity contribution in [2.45, 2.75) is 32.4 Å². The van der Waals surface area contributed by atoms with E-state index in [2.05, 4.69) is 29.3 Å². The Labute approximate surface area is 142 Å². The molecule has 2 amide bonds. The van der Waals surface area contributed by atoms with Gasteiger partial charge in [0.05, 0.1) is 12.6 Å². The zero-order chi connectivity index (χ0) is 16.9. The average molecular weight is 331 g/mol. The summed E-state index contributed by atoms with van der Waals surface area (Å²) < 4.78 is 5.00. The second-order valence-corrected chi connectivity index (χ2v) is 6.30. The fourth-order valence-corrected chi connectivity index (χ4v) is 3.40. The third kappa shape index (κ3) is 3.70. The Hall–Kier alpha value is -2.08. The zero-order valence-corrected chi connectivity index (χ0v) is 14.2. The highest BCUT2D eigenvalue weighted by Gasteiger charge is 2.30. The lowest BCUT2D eigenvalue weighted by Crippen LogP contribution is -2.51. The fraction of sp³-hybridized carbons (Fsp3) is 0.556. The molecule has 1 atom stereocenters. The van der Waals surface area contributed by atoms with Crippen molar-refractivity contribution < 1.29 is 14.3 Å². The number of rotatable bonds is 5. The van der Waals surface area contributed by atoms with Crippen molar-refractivity contribution in [2.24, 2.45) is 0 Å². The molecule has 0 bridgehead atoms. The van der Waals surface area contributed by atoms with Crippen molar-refractivity contribution in [1.82, 2.24) is 15.1 Å². The molecule has 2 heterocycles. The van der Waals surface area contributed by atoms with E-state index in [4.69, 9.17) is 4.74 Å². The lowest BCUT2D eigenvalue weighted by atomic mass is 9.93. The van der Waals surface area contributed by atoms with Gasteiger partial charge < -0.3 is 15.0 Å². The minimum atomic E-state index is -0.280. The van der Waals surface area contributed by atoms with Crippen LogP contribution in [0, 0.1) is 0 Å². The van der Waals surface area contributed by atoms with E-state index in [1.165, 1.54) is 11.1 Å². The minimum Gasteiger partial charge on any atom is -0.449 e. The highest BCUT2D eigenvalue weighted by Crippen LogP contribution is 2.23. The maximum Gasteiger partial charge on any atom is 0.409 e. The Morgan fingerprint density at radius 3 is 2.88 bits per heavy atom. The van der Waals surface area contributed by atoms with Gasteiger partial charge in [-0.1, -0.05) is 31.2 Å². The Kier molecular flexibility index (Phi) is 5.35. The summed E-state index contributed by atoms with van der Waals surface area (Å²) in [4.78, 5) is 28.1. The van der Waals surface area contributed by atoms with Crippen molar-refractivity contribution in [2.75, 3.05) is 32.8 Å². The van der Waals surface area contributed by atoms with Gasteiger partial charge >= 0.3 is 6.09 Å². The molecule has 130 valence electrons. The summed E-state index contributed by atoms with van der Waals surface area (Å²) in [5.74, 6) is 0.0386. The number of benzene rings is 1. The molecule has 1 unspecified atom stereocenters.